The molecule has 0 atom stereocenters. The normalized spacial score (nSPS) is 12.8. The summed E-state index contributed by atoms with van der Waals surface area (Å²) in [4.78, 5) is 0. The van der Waals surface area contributed by atoms with Crippen LogP contribution in [0.4, 0.5) is 0 Å². The Morgan fingerprint density at radius 2 is 2.08 bits per heavy atom. The Labute approximate surface area is 80.9 Å². The lowest BCUT2D eigenvalue weighted by Gasteiger charge is -2.04. The molecule has 0 saturated carbocycles. The van der Waals surface area contributed by atoms with Gasteiger partial charge in [-0.3, -0.25) is 0 Å². The molecule has 0 saturated heterocycles. The zero-order valence-electron chi connectivity index (χ0n) is 8.59. The molecule has 1 N–H and O–H groups in total. The van der Waals surface area contributed by atoms with Gasteiger partial charge in [-0.25, -0.2) is 0 Å². The van der Waals surface area contributed by atoms with Crippen LogP contribution in [0.5, 0.6) is 0 Å². The van der Waals surface area contributed by atoms with Crippen molar-refractivity contribution in [3.63, 3.8) is 0 Å². The van der Waals surface area contributed by atoms with Gasteiger partial charge in [-0.15, -0.1) is 6.58 Å². The third kappa shape index (κ3) is 5.77. The molecule has 1 aliphatic rings. The first-order chi connectivity index (χ1) is 6.24. The maximum absolute atomic E-state index is 3.36. The summed E-state index contributed by atoms with van der Waals surface area (Å²) in [6, 6.07) is 0. The molecule has 0 spiro atoms. The van der Waals surface area contributed by atoms with Gasteiger partial charge in [0.25, 0.3) is 0 Å². The SMILES string of the molecule is C=CC.CC=C=C1C=C(C)C=CN1. The molecule has 0 aromatic rings. The van der Waals surface area contributed by atoms with Gasteiger partial charge >= 0.3 is 0 Å². The third-order valence-electron chi connectivity index (χ3n) is 1.26. The number of hydrogen-bond acceptors (Lipinski definition) is 1. The Kier molecular flexibility index (Phi) is 6.39. The van der Waals surface area contributed by atoms with Crippen LogP contribution in [-0.4, -0.2) is 0 Å². The van der Waals surface area contributed by atoms with Crippen LogP contribution in [0.25, 0.3) is 0 Å². The highest BCUT2D eigenvalue weighted by molar-refractivity contribution is 5.32. The Bertz CT molecular complexity index is 273. The van der Waals surface area contributed by atoms with Crippen molar-refractivity contribution in [1.82, 2.24) is 5.32 Å². The summed E-state index contributed by atoms with van der Waals surface area (Å²) < 4.78 is 0. The van der Waals surface area contributed by atoms with Crippen molar-refractivity contribution in [2.45, 2.75) is 20.8 Å². The fourth-order valence-electron chi connectivity index (χ4n) is 0.819. The molecule has 0 aromatic carbocycles. The van der Waals surface area contributed by atoms with E-state index in [0.29, 0.717) is 0 Å². The summed E-state index contributed by atoms with van der Waals surface area (Å²) in [5, 5.41) is 3.07. The molecule has 1 heteroatoms. The average molecular weight is 175 g/mol. The molecule has 70 valence electrons. The molecular formula is C12H17N. The van der Waals surface area contributed by atoms with Gasteiger partial charge in [0.05, 0.1) is 5.70 Å². The summed E-state index contributed by atoms with van der Waals surface area (Å²) in [6.07, 6.45) is 9.65. The van der Waals surface area contributed by atoms with Crippen molar-refractivity contribution < 1.29 is 0 Å². The minimum absolute atomic E-state index is 1.03. The van der Waals surface area contributed by atoms with E-state index >= 15 is 0 Å². The predicted molar refractivity (Wildman–Crippen MR) is 59.2 cm³/mol. The predicted octanol–water partition coefficient (Wildman–Crippen LogP) is 3.30. The third-order valence-corrected chi connectivity index (χ3v) is 1.26. The van der Waals surface area contributed by atoms with Gasteiger partial charge in [0.1, 0.15) is 0 Å². The number of rotatable bonds is 0. The summed E-state index contributed by atoms with van der Waals surface area (Å²) in [7, 11) is 0. The molecule has 1 heterocycles. The fraction of sp³-hybridized carbons (Fsp3) is 0.250. The minimum atomic E-state index is 1.03. The van der Waals surface area contributed by atoms with E-state index in [1.807, 2.05) is 32.2 Å². The van der Waals surface area contributed by atoms with Crippen LogP contribution in [0.1, 0.15) is 20.8 Å². The monoisotopic (exact) mass is 175 g/mol. The quantitative estimate of drug-likeness (QED) is 0.440. The Hall–Kier alpha value is -1.46. The first-order valence-corrected chi connectivity index (χ1v) is 4.34. The second kappa shape index (κ2) is 7.20. The van der Waals surface area contributed by atoms with Crippen LogP contribution in [0.15, 0.2) is 54.1 Å². The maximum Gasteiger partial charge on any atom is 0.0812 e. The maximum atomic E-state index is 3.36. The van der Waals surface area contributed by atoms with Gasteiger partial charge in [-0.1, -0.05) is 11.8 Å². The van der Waals surface area contributed by atoms with Crippen LogP contribution in [0, 0.1) is 0 Å². The first-order valence-electron chi connectivity index (χ1n) is 4.34. The lowest BCUT2D eigenvalue weighted by molar-refractivity contribution is 1.08. The molecule has 1 aliphatic heterocycles. The smallest absolute Gasteiger partial charge is 0.0812 e. The van der Waals surface area contributed by atoms with Crippen LogP contribution in [0.2, 0.25) is 0 Å². The van der Waals surface area contributed by atoms with Crippen LogP contribution >= 0.6 is 0 Å². The highest BCUT2D eigenvalue weighted by Gasteiger charge is 1.92. The van der Waals surface area contributed by atoms with E-state index in [2.05, 4.69) is 30.6 Å². The van der Waals surface area contributed by atoms with E-state index in [1.54, 1.807) is 6.08 Å². The standard InChI is InChI=1S/C9H11N.C3H6/c1-3-4-9-7-8(2)5-6-10-9;1-3-2/h3,5-7,10H,1-2H3;3H,1H2,2H3. The van der Waals surface area contributed by atoms with Crippen molar-refractivity contribution in [2.24, 2.45) is 0 Å². The first kappa shape index (κ1) is 11.5. The van der Waals surface area contributed by atoms with Gasteiger partial charge < -0.3 is 5.32 Å². The lowest BCUT2D eigenvalue weighted by atomic mass is 10.2. The summed E-state index contributed by atoms with van der Waals surface area (Å²) in [6.45, 7) is 9.27. The molecule has 0 amide bonds. The Morgan fingerprint density at radius 3 is 2.54 bits per heavy atom. The van der Waals surface area contributed by atoms with Crippen LogP contribution in [0.3, 0.4) is 0 Å². The van der Waals surface area contributed by atoms with E-state index in [1.165, 1.54) is 5.57 Å². The van der Waals surface area contributed by atoms with Gasteiger partial charge in [0.15, 0.2) is 0 Å². The lowest BCUT2D eigenvalue weighted by Crippen LogP contribution is -2.04. The van der Waals surface area contributed by atoms with E-state index in [0.717, 1.165) is 5.70 Å². The van der Waals surface area contributed by atoms with Crippen LogP contribution < -0.4 is 5.32 Å². The summed E-state index contributed by atoms with van der Waals surface area (Å²) in [5.41, 5.74) is 5.35. The highest BCUT2D eigenvalue weighted by Crippen LogP contribution is 2.04. The van der Waals surface area contributed by atoms with E-state index in [4.69, 9.17) is 0 Å². The zero-order chi connectivity index (χ0) is 10.1. The molecular weight excluding hydrogens is 158 g/mol. The van der Waals surface area contributed by atoms with Crippen molar-refractivity contribution in [2.75, 3.05) is 0 Å². The number of allylic oxidation sites excluding steroid dienone is 4. The molecule has 13 heavy (non-hydrogen) atoms. The van der Waals surface area contributed by atoms with Crippen molar-refractivity contribution in [3.05, 3.63) is 54.1 Å². The number of nitrogens with one attached hydrogen (secondary N) is 1. The topological polar surface area (TPSA) is 12.0 Å². The Morgan fingerprint density at radius 1 is 1.46 bits per heavy atom. The second-order valence-electron chi connectivity index (χ2n) is 2.62. The average Bonchev–Trinajstić information content (AvgIpc) is 2.06. The summed E-state index contributed by atoms with van der Waals surface area (Å²) in [5.74, 6) is 0. The zero-order valence-corrected chi connectivity index (χ0v) is 8.59. The molecule has 1 rings (SSSR count). The molecule has 0 unspecified atom stereocenters. The van der Waals surface area contributed by atoms with Crippen molar-refractivity contribution in [3.8, 4) is 0 Å². The second-order valence-corrected chi connectivity index (χ2v) is 2.62. The van der Waals surface area contributed by atoms with E-state index in [-0.39, 0.29) is 0 Å². The molecule has 1 nitrogen and oxygen atoms in total. The van der Waals surface area contributed by atoms with Crippen molar-refractivity contribution >= 4 is 0 Å². The van der Waals surface area contributed by atoms with E-state index < -0.39 is 0 Å². The number of hydrogen-bond donors (Lipinski definition) is 1. The molecule has 0 bridgehead atoms. The molecule has 0 aliphatic carbocycles. The van der Waals surface area contributed by atoms with Gasteiger partial charge in [-0.05, 0) is 44.6 Å². The Balaban J connectivity index is 0.000000424. The van der Waals surface area contributed by atoms with Gasteiger partial charge in [0, 0.05) is 6.20 Å². The summed E-state index contributed by atoms with van der Waals surface area (Å²) >= 11 is 0. The largest absolute Gasteiger partial charge is 0.355 e. The molecule has 0 aromatic heterocycles. The highest BCUT2D eigenvalue weighted by atomic mass is 14.8. The van der Waals surface area contributed by atoms with Gasteiger partial charge in [-0.2, -0.15) is 0 Å². The van der Waals surface area contributed by atoms with Crippen molar-refractivity contribution in [1.29, 1.82) is 0 Å². The molecule has 0 fully saturated rings. The number of dihydropyridines is 1. The van der Waals surface area contributed by atoms with Gasteiger partial charge in [0.2, 0.25) is 0 Å². The molecule has 0 radical (unpaired) electrons. The van der Waals surface area contributed by atoms with E-state index in [9.17, 15) is 0 Å². The van der Waals surface area contributed by atoms with Crippen LogP contribution in [-0.2, 0) is 0 Å². The fourth-order valence-corrected chi connectivity index (χ4v) is 0.819. The minimum Gasteiger partial charge on any atom is -0.355 e.